The summed E-state index contributed by atoms with van der Waals surface area (Å²) < 4.78 is 45.9. The number of nitrogens with zero attached hydrogens (tertiary/aromatic N) is 3. The van der Waals surface area contributed by atoms with E-state index in [9.17, 15) is 17.9 Å². The van der Waals surface area contributed by atoms with Crippen LogP contribution < -0.4 is 4.74 Å². The van der Waals surface area contributed by atoms with Crippen molar-refractivity contribution in [2.45, 2.75) is 4.90 Å². The van der Waals surface area contributed by atoms with E-state index in [4.69, 9.17) is 15.3 Å². The van der Waals surface area contributed by atoms with E-state index < -0.39 is 21.3 Å². The Hall–Kier alpha value is -2.98. The number of benzene rings is 2. The lowest BCUT2D eigenvalue weighted by molar-refractivity contribution is -0.0273. The number of halogens is 1. The molecule has 0 bridgehead atoms. The molecule has 0 unspecified atom stereocenters. The van der Waals surface area contributed by atoms with Crippen LogP contribution >= 0.6 is 0 Å². The third-order valence-corrected chi connectivity index (χ3v) is 6.44. The number of nitriles is 2. The molecule has 9 heteroatoms. The topological polar surface area (TPSA) is 114 Å². The number of aliphatic hydroxyl groups is 1. The van der Waals surface area contributed by atoms with Gasteiger partial charge in [0.05, 0.1) is 34.7 Å². The lowest BCUT2D eigenvalue weighted by atomic mass is 9.83. The molecule has 2 aromatic carbocycles. The van der Waals surface area contributed by atoms with Gasteiger partial charge in [-0.2, -0.15) is 14.8 Å². The Morgan fingerprint density at radius 1 is 1.14 bits per heavy atom. The molecule has 1 saturated heterocycles. The molecule has 1 N–H and O–H groups in total. The van der Waals surface area contributed by atoms with Crippen LogP contribution in [0.1, 0.15) is 11.1 Å². The van der Waals surface area contributed by atoms with Crippen LogP contribution in [0.15, 0.2) is 47.4 Å². The SMILES string of the molecule is N#Cc1ccc(OCC2(CO)CN(S(=O)(=O)c3ccccc3C#N)C2)cc1F. The number of rotatable bonds is 6. The Bertz CT molecular complexity index is 1080. The van der Waals surface area contributed by atoms with Gasteiger partial charge in [-0.05, 0) is 24.3 Å². The summed E-state index contributed by atoms with van der Waals surface area (Å²) in [5.74, 6) is -0.538. The highest BCUT2D eigenvalue weighted by molar-refractivity contribution is 7.89. The van der Waals surface area contributed by atoms with Crippen LogP contribution in [0.4, 0.5) is 4.39 Å². The van der Waals surface area contributed by atoms with Gasteiger partial charge < -0.3 is 9.84 Å². The average Bonchev–Trinajstić information content (AvgIpc) is 2.67. The van der Waals surface area contributed by atoms with E-state index in [1.165, 1.54) is 34.6 Å². The summed E-state index contributed by atoms with van der Waals surface area (Å²) in [7, 11) is -3.88. The Morgan fingerprint density at radius 3 is 2.43 bits per heavy atom. The average molecular weight is 401 g/mol. The van der Waals surface area contributed by atoms with Gasteiger partial charge in [0.15, 0.2) is 0 Å². The van der Waals surface area contributed by atoms with Crippen LogP contribution in [0.25, 0.3) is 0 Å². The second kappa shape index (κ2) is 7.56. The zero-order valence-electron chi connectivity index (χ0n) is 14.7. The molecule has 0 radical (unpaired) electrons. The van der Waals surface area contributed by atoms with Crippen molar-refractivity contribution in [1.82, 2.24) is 4.31 Å². The number of aliphatic hydroxyl groups excluding tert-OH is 1. The third kappa shape index (κ3) is 3.56. The predicted molar refractivity (Wildman–Crippen MR) is 96.0 cm³/mol. The van der Waals surface area contributed by atoms with E-state index in [-0.39, 0.29) is 48.1 Å². The van der Waals surface area contributed by atoms with Gasteiger partial charge in [0, 0.05) is 19.2 Å². The van der Waals surface area contributed by atoms with Crippen LogP contribution in [-0.2, 0) is 10.0 Å². The molecule has 1 fully saturated rings. The molecule has 1 heterocycles. The van der Waals surface area contributed by atoms with Crippen LogP contribution in [-0.4, -0.2) is 44.1 Å². The highest BCUT2D eigenvalue weighted by Gasteiger charge is 2.49. The fraction of sp³-hybridized carbons (Fsp3) is 0.263. The van der Waals surface area contributed by atoms with Crippen LogP contribution in [0.2, 0.25) is 0 Å². The molecule has 0 aliphatic carbocycles. The van der Waals surface area contributed by atoms with Crippen molar-refractivity contribution in [3.05, 3.63) is 59.4 Å². The van der Waals surface area contributed by atoms with Crippen molar-refractivity contribution in [3.8, 4) is 17.9 Å². The van der Waals surface area contributed by atoms with Gasteiger partial charge in [0.2, 0.25) is 10.0 Å². The zero-order chi connectivity index (χ0) is 20.4. The summed E-state index contributed by atoms with van der Waals surface area (Å²) in [5, 5.41) is 27.6. The molecule has 2 aromatic rings. The first kappa shape index (κ1) is 19.8. The van der Waals surface area contributed by atoms with Crippen molar-refractivity contribution in [2.75, 3.05) is 26.3 Å². The van der Waals surface area contributed by atoms with Gasteiger partial charge in [-0.25, -0.2) is 12.8 Å². The van der Waals surface area contributed by atoms with E-state index in [1.807, 2.05) is 6.07 Å². The molecule has 0 saturated carbocycles. The molecule has 0 aromatic heterocycles. The summed E-state index contributed by atoms with van der Waals surface area (Å²) in [6.45, 7) is -0.340. The van der Waals surface area contributed by atoms with Crippen LogP contribution in [0.3, 0.4) is 0 Å². The van der Waals surface area contributed by atoms with Crippen LogP contribution in [0.5, 0.6) is 5.75 Å². The first-order valence-electron chi connectivity index (χ1n) is 8.28. The minimum atomic E-state index is -3.88. The Labute approximate surface area is 161 Å². The normalized spacial score (nSPS) is 15.9. The minimum Gasteiger partial charge on any atom is -0.493 e. The van der Waals surface area contributed by atoms with Gasteiger partial charge in [0.1, 0.15) is 23.7 Å². The molecule has 28 heavy (non-hydrogen) atoms. The molecular formula is C19H16FN3O4S. The number of hydrogen-bond donors (Lipinski definition) is 1. The van der Waals surface area contributed by atoms with E-state index in [2.05, 4.69) is 0 Å². The summed E-state index contributed by atoms with van der Waals surface area (Å²) in [5.41, 5.74) is -0.895. The maximum Gasteiger partial charge on any atom is 0.244 e. The summed E-state index contributed by atoms with van der Waals surface area (Å²) in [4.78, 5) is -0.0841. The molecule has 0 spiro atoms. The lowest BCUT2D eigenvalue weighted by Crippen LogP contribution is -2.62. The van der Waals surface area contributed by atoms with E-state index in [0.717, 1.165) is 6.07 Å². The van der Waals surface area contributed by atoms with Gasteiger partial charge in [-0.3, -0.25) is 0 Å². The molecule has 0 atom stereocenters. The second-order valence-electron chi connectivity index (χ2n) is 6.58. The Balaban J connectivity index is 1.71. The summed E-state index contributed by atoms with van der Waals surface area (Å²) in [6.07, 6.45) is 0. The maximum atomic E-state index is 13.7. The van der Waals surface area contributed by atoms with Crippen molar-refractivity contribution < 1.29 is 22.7 Å². The van der Waals surface area contributed by atoms with E-state index >= 15 is 0 Å². The quantitative estimate of drug-likeness (QED) is 0.787. The standard InChI is InChI=1S/C19H16FN3O4S/c20-17-7-16(6-5-14(17)8-21)27-13-19(12-24)10-23(11-19)28(25,26)18-4-2-1-3-15(18)9-22/h1-7,24H,10-13H2. The number of sulfonamides is 1. The largest absolute Gasteiger partial charge is 0.493 e. The lowest BCUT2D eigenvalue weighted by Gasteiger charge is -2.47. The fourth-order valence-corrected chi connectivity index (χ4v) is 4.75. The minimum absolute atomic E-state index is 0.00432. The predicted octanol–water partition coefficient (Wildman–Crippen LogP) is 1.63. The van der Waals surface area contributed by atoms with Crippen molar-refractivity contribution in [2.24, 2.45) is 5.41 Å². The summed E-state index contributed by atoms with van der Waals surface area (Å²) >= 11 is 0. The van der Waals surface area contributed by atoms with Gasteiger partial charge >= 0.3 is 0 Å². The first-order chi connectivity index (χ1) is 13.3. The maximum absolute atomic E-state index is 13.7. The molecule has 7 nitrogen and oxygen atoms in total. The molecular weight excluding hydrogens is 385 g/mol. The highest BCUT2D eigenvalue weighted by atomic mass is 32.2. The Morgan fingerprint density at radius 2 is 1.82 bits per heavy atom. The van der Waals surface area contributed by atoms with Crippen molar-refractivity contribution in [1.29, 1.82) is 10.5 Å². The van der Waals surface area contributed by atoms with Gasteiger partial charge in [0.25, 0.3) is 0 Å². The first-order valence-corrected chi connectivity index (χ1v) is 9.72. The smallest absolute Gasteiger partial charge is 0.244 e. The van der Waals surface area contributed by atoms with Crippen molar-refractivity contribution >= 4 is 10.0 Å². The monoisotopic (exact) mass is 401 g/mol. The number of hydrogen-bond acceptors (Lipinski definition) is 6. The molecule has 1 aliphatic heterocycles. The molecule has 1 aliphatic rings. The molecule has 3 rings (SSSR count). The van der Waals surface area contributed by atoms with E-state index in [0.29, 0.717) is 0 Å². The zero-order valence-corrected chi connectivity index (χ0v) is 15.5. The van der Waals surface area contributed by atoms with E-state index in [1.54, 1.807) is 12.1 Å². The van der Waals surface area contributed by atoms with Gasteiger partial charge in [-0.1, -0.05) is 12.1 Å². The van der Waals surface area contributed by atoms with Crippen LogP contribution in [0, 0.1) is 33.9 Å². The molecule has 144 valence electrons. The molecule has 0 amide bonds. The third-order valence-electron chi connectivity index (χ3n) is 4.59. The Kier molecular flexibility index (Phi) is 5.34. The number of ether oxygens (including phenoxy) is 1. The second-order valence-corrected chi connectivity index (χ2v) is 8.49. The fourth-order valence-electron chi connectivity index (χ4n) is 2.94. The van der Waals surface area contributed by atoms with Gasteiger partial charge in [-0.15, -0.1) is 0 Å². The highest BCUT2D eigenvalue weighted by Crippen LogP contribution is 2.36. The summed E-state index contributed by atoms with van der Waals surface area (Å²) in [6, 6.07) is 13.3. The van der Waals surface area contributed by atoms with Crippen molar-refractivity contribution in [3.63, 3.8) is 0 Å².